The number of anilines is 1. The van der Waals surface area contributed by atoms with E-state index in [0.29, 0.717) is 0 Å². The van der Waals surface area contributed by atoms with Crippen LogP contribution in [0.1, 0.15) is 5.56 Å². The molecule has 1 aromatic carbocycles. The molecule has 0 aliphatic rings. The maximum atomic E-state index is 13.4. The van der Waals surface area contributed by atoms with E-state index in [9.17, 15) is 14.0 Å². The van der Waals surface area contributed by atoms with Gasteiger partial charge in [-0.2, -0.15) is 0 Å². The van der Waals surface area contributed by atoms with Crippen molar-refractivity contribution in [2.75, 3.05) is 5.32 Å². The normalized spacial score (nSPS) is 10.0. The number of aromatic nitrogens is 1. The van der Waals surface area contributed by atoms with Gasteiger partial charge in [0, 0.05) is 18.3 Å². The van der Waals surface area contributed by atoms with E-state index in [-0.39, 0.29) is 22.9 Å². The molecule has 1 heterocycles. The van der Waals surface area contributed by atoms with Gasteiger partial charge in [0.05, 0.1) is 5.69 Å². The molecule has 7 heteroatoms. The van der Waals surface area contributed by atoms with Crippen LogP contribution in [0.15, 0.2) is 42.6 Å². The van der Waals surface area contributed by atoms with Crippen LogP contribution in [-0.2, 0) is 16.1 Å². The number of nitrogens with one attached hydrogen (secondary N) is 2. The number of carbonyl (C=O) groups is 2. The Balaban J connectivity index is 1.93. The average molecular weight is 308 g/mol. The Morgan fingerprint density at radius 3 is 2.62 bits per heavy atom. The molecule has 0 fully saturated rings. The van der Waals surface area contributed by atoms with E-state index < -0.39 is 17.6 Å². The summed E-state index contributed by atoms with van der Waals surface area (Å²) in [5.41, 5.74) is 0.517. The number of hydrogen-bond acceptors (Lipinski definition) is 3. The van der Waals surface area contributed by atoms with Crippen LogP contribution in [0.3, 0.4) is 0 Å². The molecular weight excluding hydrogens is 297 g/mol. The van der Waals surface area contributed by atoms with Crippen molar-refractivity contribution in [2.24, 2.45) is 0 Å². The molecule has 0 spiro atoms. The van der Waals surface area contributed by atoms with Crippen LogP contribution in [0, 0.1) is 5.82 Å². The third-order valence-corrected chi connectivity index (χ3v) is 2.91. The van der Waals surface area contributed by atoms with Crippen LogP contribution in [0.4, 0.5) is 10.1 Å². The quantitative estimate of drug-likeness (QED) is 0.674. The summed E-state index contributed by atoms with van der Waals surface area (Å²) in [6.07, 6.45) is 1.45. The lowest BCUT2D eigenvalue weighted by atomic mass is 10.2. The van der Waals surface area contributed by atoms with Crippen molar-refractivity contribution < 1.29 is 14.0 Å². The first-order chi connectivity index (χ1) is 10.1. The zero-order chi connectivity index (χ0) is 15.2. The fourth-order valence-corrected chi connectivity index (χ4v) is 1.72. The van der Waals surface area contributed by atoms with Crippen molar-refractivity contribution in [3.05, 3.63) is 59.1 Å². The predicted octanol–water partition coefficient (Wildman–Crippen LogP) is 2.13. The number of halogens is 2. The highest BCUT2D eigenvalue weighted by molar-refractivity contribution is 6.41. The standard InChI is InChI=1S/C14H11ClFN3O2/c15-12-11(6-3-7-17-12)19-14(21)13(20)18-8-9-4-1-2-5-10(9)16/h1-7H,8H2,(H,18,20)(H,19,21). The molecule has 2 rings (SSSR count). The monoisotopic (exact) mass is 307 g/mol. The molecular formula is C14H11ClFN3O2. The number of pyridine rings is 1. The van der Waals surface area contributed by atoms with Gasteiger partial charge in [0.25, 0.3) is 0 Å². The van der Waals surface area contributed by atoms with Crippen molar-refractivity contribution in [3.8, 4) is 0 Å². The Bertz CT molecular complexity index is 679. The number of amides is 2. The van der Waals surface area contributed by atoms with Gasteiger partial charge < -0.3 is 10.6 Å². The lowest BCUT2D eigenvalue weighted by Crippen LogP contribution is -2.35. The first-order valence-electron chi connectivity index (χ1n) is 6.01. The summed E-state index contributed by atoms with van der Waals surface area (Å²) < 4.78 is 13.4. The van der Waals surface area contributed by atoms with Crippen LogP contribution >= 0.6 is 11.6 Å². The van der Waals surface area contributed by atoms with E-state index in [4.69, 9.17) is 11.6 Å². The second kappa shape index (κ2) is 6.81. The van der Waals surface area contributed by atoms with Gasteiger partial charge in [-0.25, -0.2) is 9.37 Å². The lowest BCUT2D eigenvalue weighted by Gasteiger charge is -2.07. The molecule has 0 saturated carbocycles. The van der Waals surface area contributed by atoms with Gasteiger partial charge in [-0.15, -0.1) is 0 Å². The summed E-state index contributed by atoms with van der Waals surface area (Å²) in [7, 11) is 0. The van der Waals surface area contributed by atoms with E-state index >= 15 is 0 Å². The van der Waals surface area contributed by atoms with Crippen LogP contribution < -0.4 is 10.6 Å². The highest BCUT2D eigenvalue weighted by atomic mass is 35.5. The second-order valence-electron chi connectivity index (χ2n) is 4.07. The summed E-state index contributed by atoms with van der Waals surface area (Å²) in [5, 5.41) is 4.72. The maximum absolute atomic E-state index is 13.4. The molecule has 5 nitrogen and oxygen atoms in total. The average Bonchev–Trinajstić information content (AvgIpc) is 2.48. The second-order valence-corrected chi connectivity index (χ2v) is 4.43. The maximum Gasteiger partial charge on any atom is 0.313 e. The summed E-state index contributed by atoms with van der Waals surface area (Å²) in [6.45, 7) is -0.0836. The summed E-state index contributed by atoms with van der Waals surface area (Å²) >= 11 is 5.76. The molecule has 2 aromatic rings. The third kappa shape index (κ3) is 4.00. The molecule has 0 saturated heterocycles. The smallest absolute Gasteiger partial charge is 0.313 e. The fraction of sp³-hybridized carbons (Fsp3) is 0.0714. The van der Waals surface area contributed by atoms with Crippen LogP contribution in [-0.4, -0.2) is 16.8 Å². The van der Waals surface area contributed by atoms with Crippen molar-refractivity contribution in [3.63, 3.8) is 0 Å². The molecule has 0 aliphatic heterocycles. The first-order valence-corrected chi connectivity index (χ1v) is 6.39. The van der Waals surface area contributed by atoms with Crippen LogP contribution in [0.5, 0.6) is 0 Å². The molecule has 0 unspecified atom stereocenters. The molecule has 0 aliphatic carbocycles. The van der Waals surface area contributed by atoms with Crippen molar-refractivity contribution >= 4 is 29.1 Å². The Hall–Kier alpha value is -2.47. The lowest BCUT2D eigenvalue weighted by molar-refractivity contribution is -0.136. The minimum absolute atomic E-state index is 0.0766. The minimum Gasteiger partial charge on any atom is -0.344 e. The van der Waals surface area contributed by atoms with Gasteiger partial charge in [-0.1, -0.05) is 29.8 Å². The number of carbonyl (C=O) groups excluding carboxylic acids is 2. The van der Waals surface area contributed by atoms with Gasteiger partial charge in [0.1, 0.15) is 5.82 Å². The molecule has 2 amide bonds. The Morgan fingerprint density at radius 2 is 1.90 bits per heavy atom. The fourth-order valence-electron chi connectivity index (χ4n) is 1.56. The van der Waals surface area contributed by atoms with E-state index in [1.807, 2.05) is 0 Å². The molecule has 0 bridgehead atoms. The number of benzene rings is 1. The number of hydrogen-bond donors (Lipinski definition) is 2. The van der Waals surface area contributed by atoms with E-state index in [2.05, 4.69) is 15.6 Å². The summed E-state index contributed by atoms with van der Waals surface area (Å²) in [6, 6.07) is 9.05. The SMILES string of the molecule is O=C(NCc1ccccc1F)C(=O)Nc1cccnc1Cl. The first kappa shape index (κ1) is 14.9. The minimum atomic E-state index is -0.902. The van der Waals surface area contributed by atoms with Crippen molar-refractivity contribution in [1.82, 2.24) is 10.3 Å². The number of nitrogens with zero attached hydrogens (tertiary/aromatic N) is 1. The van der Waals surface area contributed by atoms with E-state index in [0.717, 1.165) is 0 Å². The highest BCUT2D eigenvalue weighted by Gasteiger charge is 2.15. The topological polar surface area (TPSA) is 71.1 Å². The number of rotatable bonds is 3. The predicted molar refractivity (Wildman–Crippen MR) is 76.1 cm³/mol. The summed E-state index contributed by atoms with van der Waals surface area (Å²) in [4.78, 5) is 27.1. The highest BCUT2D eigenvalue weighted by Crippen LogP contribution is 2.17. The largest absolute Gasteiger partial charge is 0.344 e. The van der Waals surface area contributed by atoms with Crippen LogP contribution in [0.25, 0.3) is 0 Å². The third-order valence-electron chi connectivity index (χ3n) is 2.61. The molecule has 0 radical (unpaired) electrons. The van der Waals surface area contributed by atoms with Gasteiger partial charge in [-0.05, 0) is 18.2 Å². The van der Waals surface area contributed by atoms with Gasteiger partial charge >= 0.3 is 11.8 Å². The van der Waals surface area contributed by atoms with E-state index in [1.54, 1.807) is 12.1 Å². The molecule has 21 heavy (non-hydrogen) atoms. The van der Waals surface area contributed by atoms with Crippen LogP contribution in [0.2, 0.25) is 5.15 Å². The molecule has 108 valence electrons. The Kier molecular flexibility index (Phi) is 4.84. The molecule has 2 N–H and O–H groups in total. The molecule has 1 aromatic heterocycles. The zero-order valence-corrected chi connectivity index (χ0v) is 11.5. The van der Waals surface area contributed by atoms with Gasteiger partial charge in [0.2, 0.25) is 0 Å². The van der Waals surface area contributed by atoms with Gasteiger partial charge in [0.15, 0.2) is 5.15 Å². The summed E-state index contributed by atoms with van der Waals surface area (Å²) in [5.74, 6) is -2.24. The molecule has 0 atom stereocenters. The Morgan fingerprint density at radius 1 is 1.14 bits per heavy atom. The van der Waals surface area contributed by atoms with Crippen molar-refractivity contribution in [2.45, 2.75) is 6.54 Å². The van der Waals surface area contributed by atoms with Crippen molar-refractivity contribution in [1.29, 1.82) is 0 Å². The van der Waals surface area contributed by atoms with E-state index in [1.165, 1.54) is 30.5 Å². The Labute approximate surface area is 125 Å². The van der Waals surface area contributed by atoms with Gasteiger partial charge in [-0.3, -0.25) is 9.59 Å². The zero-order valence-electron chi connectivity index (χ0n) is 10.8.